The van der Waals surface area contributed by atoms with E-state index in [0.29, 0.717) is 5.56 Å². The van der Waals surface area contributed by atoms with E-state index in [9.17, 15) is 13.2 Å². The first-order chi connectivity index (χ1) is 7.36. The molecule has 0 amide bonds. The van der Waals surface area contributed by atoms with E-state index in [1.54, 1.807) is 6.92 Å². The van der Waals surface area contributed by atoms with Crippen molar-refractivity contribution in [2.45, 2.75) is 19.0 Å². The Morgan fingerprint density at radius 1 is 1.44 bits per heavy atom. The van der Waals surface area contributed by atoms with Crippen LogP contribution in [-0.2, 0) is 11.0 Å². The molecule has 0 saturated heterocycles. The van der Waals surface area contributed by atoms with E-state index >= 15 is 0 Å². The molecule has 2 nitrogen and oxygen atoms in total. The molecule has 0 heterocycles. The summed E-state index contributed by atoms with van der Waals surface area (Å²) >= 11 is 5.49. The molecule has 90 valence electrons. The topological polar surface area (TPSA) is 35.2 Å². The van der Waals surface area contributed by atoms with Gasteiger partial charge >= 0.3 is 6.18 Å². The smallest absolute Gasteiger partial charge is 0.304 e. The minimum absolute atomic E-state index is 0.152. The monoisotopic (exact) mass is 253 g/mol. The van der Waals surface area contributed by atoms with Crippen LogP contribution < -0.4 is 5.90 Å². The van der Waals surface area contributed by atoms with E-state index in [1.807, 2.05) is 0 Å². The standard InChI is InChI=1S/C10H11ClF3NO/c1-6(5-16-15)7-2-3-9(11)8(4-7)10(12,13)14/h2-4,6H,5,15H2,1H3. The van der Waals surface area contributed by atoms with Crippen LogP contribution in [-0.4, -0.2) is 6.61 Å². The SMILES string of the molecule is CC(CON)c1ccc(Cl)c(C(F)(F)F)c1. The van der Waals surface area contributed by atoms with Gasteiger partial charge in [-0.2, -0.15) is 13.2 Å². The number of hydrogen-bond donors (Lipinski definition) is 1. The van der Waals surface area contributed by atoms with Crippen LogP contribution in [0.3, 0.4) is 0 Å². The summed E-state index contributed by atoms with van der Waals surface area (Å²) in [6.45, 7) is 1.87. The van der Waals surface area contributed by atoms with Crippen molar-refractivity contribution in [3.63, 3.8) is 0 Å². The van der Waals surface area contributed by atoms with E-state index in [-0.39, 0.29) is 17.5 Å². The van der Waals surface area contributed by atoms with Crippen molar-refractivity contribution < 1.29 is 18.0 Å². The van der Waals surface area contributed by atoms with Crippen LogP contribution in [0.1, 0.15) is 24.0 Å². The van der Waals surface area contributed by atoms with Crippen LogP contribution in [0.15, 0.2) is 18.2 Å². The van der Waals surface area contributed by atoms with Crippen LogP contribution in [0.25, 0.3) is 0 Å². The molecule has 1 rings (SSSR count). The maximum absolute atomic E-state index is 12.5. The lowest BCUT2D eigenvalue weighted by molar-refractivity contribution is -0.137. The lowest BCUT2D eigenvalue weighted by Gasteiger charge is -2.14. The fourth-order valence-electron chi connectivity index (χ4n) is 1.31. The first-order valence-corrected chi connectivity index (χ1v) is 4.92. The molecule has 1 aromatic carbocycles. The zero-order chi connectivity index (χ0) is 12.3. The van der Waals surface area contributed by atoms with Gasteiger partial charge in [0.25, 0.3) is 0 Å². The Balaban J connectivity index is 3.07. The molecule has 1 aromatic rings. The first-order valence-electron chi connectivity index (χ1n) is 4.54. The number of benzene rings is 1. The molecule has 1 unspecified atom stereocenters. The third-order valence-corrected chi connectivity index (χ3v) is 2.54. The number of halogens is 4. The summed E-state index contributed by atoms with van der Waals surface area (Å²) in [5, 5.41) is -0.308. The molecule has 0 bridgehead atoms. The summed E-state index contributed by atoms with van der Waals surface area (Å²) in [7, 11) is 0. The fraction of sp³-hybridized carbons (Fsp3) is 0.400. The molecular formula is C10H11ClF3NO. The maximum Gasteiger partial charge on any atom is 0.417 e. The molecule has 0 fully saturated rings. The average Bonchev–Trinajstić information content (AvgIpc) is 2.16. The Kier molecular flexibility index (Phi) is 4.18. The summed E-state index contributed by atoms with van der Waals surface area (Å²) in [5.41, 5.74) is -0.349. The third kappa shape index (κ3) is 3.10. The van der Waals surface area contributed by atoms with Crippen molar-refractivity contribution >= 4 is 11.6 Å². The molecular weight excluding hydrogens is 243 g/mol. The fourth-order valence-corrected chi connectivity index (χ4v) is 1.53. The zero-order valence-corrected chi connectivity index (χ0v) is 9.27. The van der Waals surface area contributed by atoms with Gasteiger partial charge in [0, 0.05) is 5.92 Å². The van der Waals surface area contributed by atoms with E-state index in [1.165, 1.54) is 12.1 Å². The second-order valence-corrected chi connectivity index (χ2v) is 3.88. The van der Waals surface area contributed by atoms with Gasteiger partial charge in [-0.1, -0.05) is 24.6 Å². The van der Waals surface area contributed by atoms with Gasteiger partial charge in [-0.3, -0.25) is 0 Å². The highest BCUT2D eigenvalue weighted by molar-refractivity contribution is 6.31. The van der Waals surface area contributed by atoms with Crippen molar-refractivity contribution in [3.8, 4) is 0 Å². The van der Waals surface area contributed by atoms with Gasteiger partial charge < -0.3 is 4.84 Å². The molecule has 6 heteroatoms. The second-order valence-electron chi connectivity index (χ2n) is 3.47. The summed E-state index contributed by atoms with van der Waals surface area (Å²) < 4.78 is 37.6. The van der Waals surface area contributed by atoms with E-state index in [0.717, 1.165) is 6.07 Å². The quantitative estimate of drug-likeness (QED) is 0.839. The van der Waals surface area contributed by atoms with Gasteiger partial charge in [0.05, 0.1) is 17.2 Å². The normalized spacial score (nSPS) is 13.9. The molecule has 0 aliphatic carbocycles. The van der Waals surface area contributed by atoms with Crippen LogP contribution in [0.5, 0.6) is 0 Å². The maximum atomic E-state index is 12.5. The van der Waals surface area contributed by atoms with E-state index < -0.39 is 11.7 Å². The Labute approximate surface area is 96.1 Å². The summed E-state index contributed by atoms with van der Waals surface area (Å²) in [4.78, 5) is 4.40. The molecule has 0 spiro atoms. The Bertz CT molecular complexity index is 368. The predicted octanol–water partition coefficient (Wildman–Crippen LogP) is 3.35. The molecule has 0 aliphatic rings. The average molecular weight is 254 g/mol. The highest BCUT2D eigenvalue weighted by Gasteiger charge is 2.33. The van der Waals surface area contributed by atoms with Crippen LogP contribution in [0, 0.1) is 0 Å². The van der Waals surface area contributed by atoms with E-state index in [2.05, 4.69) is 4.84 Å². The summed E-state index contributed by atoms with van der Waals surface area (Å²) in [6.07, 6.45) is -4.45. The van der Waals surface area contributed by atoms with Crippen molar-refractivity contribution in [2.24, 2.45) is 5.90 Å². The lowest BCUT2D eigenvalue weighted by atomic mass is 10.00. The highest BCUT2D eigenvalue weighted by atomic mass is 35.5. The molecule has 0 radical (unpaired) electrons. The van der Waals surface area contributed by atoms with Gasteiger partial charge in [-0.25, -0.2) is 5.90 Å². The zero-order valence-electron chi connectivity index (χ0n) is 8.51. The van der Waals surface area contributed by atoms with Crippen LogP contribution >= 0.6 is 11.6 Å². The number of nitrogens with two attached hydrogens (primary N) is 1. The Morgan fingerprint density at radius 3 is 2.56 bits per heavy atom. The molecule has 0 aliphatic heterocycles. The molecule has 16 heavy (non-hydrogen) atoms. The minimum atomic E-state index is -4.45. The lowest BCUT2D eigenvalue weighted by Crippen LogP contribution is -2.11. The highest BCUT2D eigenvalue weighted by Crippen LogP contribution is 2.36. The predicted molar refractivity (Wildman–Crippen MR) is 55.0 cm³/mol. The van der Waals surface area contributed by atoms with Crippen molar-refractivity contribution in [2.75, 3.05) is 6.61 Å². The molecule has 0 aromatic heterocycles. The van der Waals surface area contributed by atoms with Gasteiger partial charge in [0.1, 0.15) is 0 Å². The van der Waals surface area contributed by atoms with Gasteiger partial charge in [-0.15, -0.1) is 0 Å². The number of alkyl halides is 3. The number of hydrogen-bond acceptors (Lipinski definition) is 2. The van der Waals surface area contributed by atoms with Gasteiger partial charge in [-0.05, 0) is 17.7 Å². The van der Waals surface area contributed by atoms with Crippen LogP contribution in [0.4, 0.5) is 13.2 Å². The van der Waals surface area contributed by atoms with E-state index in [4.69, 9.17) is 17.5 Å². The van der Waals surface area contributed by atoms with Crippen molar-refractivity contribution in [3.05, 3.63) is 34.3 Å². The minimum Gasteiger partial charge on any atom is -0.304 e. The Morgan fingerprint density at radius 2 is 2.06 bits per heavy atom. The van der Waals surface area contributed by atoms with Gasteiger partial charge in [0.2, 0.25) is 0 Å². The molecule has 0 saturated carbocycles. The second kappa shape index (κ2) is 5.03. The summed E-state index contributed by atoms with van der Waals surface area (Å²) in [5.74, 6) is 4.65. The molecule has 1 atom stereocenters. The largest absolute Gasteiger partial charge is 0.417 e. The third-order valence-electron chi connectivity index (χ3n) is 2.21. The Hall–Kier alpha value is -0.780. The van der Waals surface area contributed by atoms with Crippen molar-refractivity contribution in [1.29, 1.82) is 0 Å². The first kappa shape index (κ1) is 13.3. The van der Waals surface area contributed by atoms with Gasteiger partial charge in [0.15, 0.2) is 0 Å². The molecule has 2 N–H and O–H groups in total. The summed E-state index contributed by atoms with van der Waals surface area (Å²) in [6, 6.07) is 3.78. The van der Waals surface area contributed by atoms with Crippen molar-refractivity contribution in [1.82, 2.24) is 0 Å². The number of rotatable bonds is 3. The van der Waals surface area contributed by atoms with Crippen LogP contribution in [0.2, 0.25) is 5.02 Å².